The van der Waals surface area contributed by atoms with E-state index in [1.54, 1.807) is 15.9 Å². The van der Waals surface area contributed by atoms with E-state index in [9.17, 15) is 14.4 Å². The molecule has 1 saturated carbocycles. The molecule has 36 heavy (non-hydrogen) atoms. The van der Waals surface area contributed by atoms with Crippen LogP contribution >= 0.6 is 0 Å². The van der Waals surface area contributed by atoms with Crippen LogP contribution in [-0.4, -0.2) is 66.3 Å². The fraction of sp³-hybridized carbons (Fsp3) is 0.483. The molecule has 1 N–H and O–H groups in total. The number of benzene rings is 2. The Morgan fingerprint density at radius 3 is 2.50 bits per heavy atom. The van der Waals surface area contributed by atoms with Gasteiger partial charge >= 0.3 is 0 Å². The van der Waals surface area contributed by atoms with Crippen molar-refractivity contribution in [2.24, 2.45) is 0 Å². The van der Waals surface area contributed by atoms with Gasteiger partial charge in [0.15, 0.2) is 0 Å². The highest BCUT2D eigenvalue weighted by Crippen LogP contribution is 2.33. The Labute approximate surface area is 213 Å². The van der Waals surface area contributed by atoms with Crippen LogP contribution in [0, 0.1) is 0 Å². The summed E-state index contributed by atoms with van der Waals surface area (Å²) in [5.41, 5.74) is 2.76. The molecule has 1 aliphatic carbocycles. The van der Waals surface area contributed by atoms with Crippen LogP contribution < -0.4 is 10.2 Å². The normalized spacial score (nSPS) is 20.3. The van der Waals surface area contributed by atoms with E-state index in [0.717, 1.165) is 18.5 Å². The molecule has 7 heteroatoms. The van der Waals surface area contributed by atoms with Gasteiger partial charge in [0, 0.05) is 31.2 Å². The Balaban J connectivity index is 1.22. The average molecular weight is 489 g/mol. The minimum atomic E-state index is -0.401. The standard InChI is InChI=1S/C29H36N4O3/c1-31(23-8-3-2-4-9-23)19-17-30-27(34)22-15-13-21(14-16-22)20-33-25-11-6-5-10-24(25)28(35)32-18-7-12-26(32)29(33)36/h5-6,10-11,13-16,23,26H,2-4,7-9,12,17-20H2,1H3,(H,30,34)/t26-/m0/s1. The number of para-hydroxylation sites is 1. The van der Waals surface area contributed by atoms with E-state index in [-0.39, 0.29) is 17.7 Å². The molecular formula is C29H36N4O3. The summed E-state index contributed by atoms with van der Waals surface area (Å²) >= 11 is 0. The summed E-state index contributed by atoms with van der Waals surface area (Å²) in [7, 11) is 2.15. The van der Waals surface area contributed by atoms with Gasteiger partial charge in [-0.1, -0.05) is 43.5 Å². The van der Waals surface area contributed by atoms with E-state index >= 15 is 0 Å². The fourth-order valence-electron chi connectivity index (χ4n) is 5.87. The molecule has 190 valence electrons. The lowest BCUT2D eigenvalue weighted by Crippen LogP contribution is -2.44. The predicted molar refractivity (Wildman–Crippen MR) is 140 cm³/mol. The lowest BCUT2D eigenvalue weighted by molar-refractivity contribution is -0.122. The number of anilines is 1. The Hall–Kier alpha value is -3.19. The highest BCUT2D eigenvalue weighted by Gasteiger charge is 2.41. The molecule has 5 rings (SSSR count). The van der Waals surface area contributed by atoms with E-state index in [0.29, 0.717) is 48.9 Å². The minimum Gasteiger partial charge on any atom is -0.351 e. The molecule has 0 bridgehead atoms. The first-order valence-corrected chi connectivity index (χ1v) is 13.3. The smallest absolute Gasteiger partial charge is 0.256 e. The van der Waals surface area contributed by atoms with Crippen LogP contribution in [0.1, 0.15) is 71.2 Å². The van der Waals surface area contributed by atoms with Crippen LogP contribution in [0.5, 0.6) is 0 Å². The second-order valence-electron chi connectivity index (χ2n) is 10.3. The maximum absolute atomic E-state index is 13.5. The van der Waals surface area contributed by atoms with E-state index in [1.807, 2.05) is 42.5 Å². The molecule has 2 fully saturated rings. The summed E-state index contributed by atoms with van der Waals surface area (Å²) < 4.78 is 0. The first kappa shape index (κ1) is 24.5. The summed E-state index contributed by atoms with van der Waals surface area (Å²) in [6.45, 7) is 2.46. The van der Waals surface area contributed by atoms with Gasteiger partial charge in [0.05, 0.1) is 17.8 Å². The SMILES string of the molecule is CN(CCNC(=O)c1ccc(CN2C(=O)[C@@H]3CCCN3C(=O)c3ccccc32)cc1)C1CCCCC1. The molecule has 2 aliphatic heterocycles. The molecule has 3 amide bonds. The molecule has 7 nitrogen and oxygen atoms in total. The number of likely N-dealkylation sites (N-methyl/N-ethyl adjacent to an activating group) is 1. The van der Waals surface area contributed by atoms with Crippen molar-refractivity contribution >= 4 is 23.4 Å². The van der Waals surface area contributed by atoms with Crippen molar-refractivity contribution < 1.29 is 14.4 Å². The molecule has 3 aliphatic rings. The number of amides is 3. The predicted octanol–water partition coefficient (Wildman–Crippen LogP) is 3.83. The maximum Gasteiger partial charge on any atom is 0.256 e. The molecule has 0 radical (unpaired) electrons. The topological polar surface area (TPSA) is 73.0 Å². The first-order valence-electron chi connectivity index (χ1n) is 13.3. The molecule has 0 spiro atoms. The van der Waals surface area contributed by atoms with Gasteiger partial charge < -0.3 is 20.0 Å². The van der Waals surface area contributed by atoms with Crippen LogP contribution in [0.3, 0.4) is 0 Å². The second kappa shape index (κ2) is 10.8. The van der Waals surface area contributed by atoms with Crippen molar-refractivity contribution in [1.82, 2.24) is 15.1 Å². The second-order valence-corrected chi connectivity index (χ2v) is 10.3. The largest absolute Gasteiger partial charge is 0.351 e. The van der Waals surface area contributed by atoms with Crippen LogP contribution in [0.4, 0.5) is 5.69 Å². The fourth-order valence-corrected chi connectivity index (χ4v) is 5.87. The molecule has 2 aromatic rings. The number of hydrogen-bond donors (Lipinski definition) is 1. The Bertz CT molecular complexity index is 1110. The number of nitrogens with zero attached hydrogens (tertiary/aromatic N) is 3. The average Bonchev–Trinajstić information content (AvgIpc) is 3.39. The van der Waals surface area contributed by atoms with Crippen molar-refractivity contribution in [3.8, 4) is 0 Å². The maximum atomic E-state index is 13.5. The molecule has 2 heterocycles. The van der Waals surface area contributed by atoms with Crippen LogP contribution in [0.2, 0.25) is 0 Å². The van der Waals surface area contributed by atoms with Gasteiger partial charge in [-0.05, 0) is 62.6 Å². The van der Waals surface area contributed by atoms with E-state index in [2.05, 4.69) is 17.3 Å². The van der Waals surface area contributed by atoms with Crippen molar-refractivity contribution in [3.05, 3.63) is 65.2 Å². The quantitative estimate of drug-likeness (QED) is 0.643. The van der Waals surface area contributed by atoms with Crippen LogP contribution in [0.15, 0.2) is 48.5 Å². The molecule has 0 aromatic heterocycles. The van der Waals surface area contributed by atoms with Gasteiger partial charge in [0.2, 0.25) is 5.91 Å². The summed E-state index contributed by atoms with van der Waals surface area (Å²) in [6, 6.07) is 15.0. The third-order valence-electron chi connectivity index (χ3n) is 7.99. The van der Waals surface area contributed by atoms with Crippen molar-refractivity contribution in [3.63, 3.8) is 0 Å². The number of carbonyl (C=O) groups excluding carboxylic acids is 3. The van der Waals surface area contributed by atoms with Crippen molar-refractivity contribution in [1.29, 1.82) is 0 Å². The third-order valence-corrected chi connectivity index (χ3v) is 7.99. The molecule has 1 atom stereocenters. The molecule has 0 unspecified atom stereocenters. The number of rotatable bonds is 7. The number of carbonyl (C=O) groups is 3. The molecule has 2 aromatic carbocycles. The highest BCUT2D eigenvalue weighted by atomic mass is 16.2. The van der Waals surface area contributed by atoms with Gasteiger partial charge in [-0.3, -0.25) is 14.4 Å². The van der Waals surface area contributed by atoms with E-state index < -0.39 is 6.04 Å². The van der Waals surface area contributed by atoms with Gasteiger partial charge in [-0.15, -0.1) is 0 Å². The number of nitrogens with one attached hydrogen (secondary N) is 1. The Morgan fingerprint density at radius 1 is 0.972 bits per heavy atom. The molecule has 1 saturated heterocycles. The highest BCUT2D eigenvalue weighted by molar-refractivity contribution is 6.11. The first-order chi connectivity index (χ1) is 17.5. The van der Waals surface area contributed by atoms with Gasteiger partial charge in [-0.2, -0.15) is 0 Å². The summed E-state index contributed by atoms with van der Waals surface area (Å²) in [5, 5.41) is 3.04. The summed E-state index contributed by atoms with van der Waals surface area (Å²) in [6.07, 6.45) is 8.00. The van der Waals surface area contributed by atoms with E-state index in [4.69, 9.17) is 0 Å². The monoisotopic (exact) mass is 488 g/mol. The zero-order valence-electron chi connectivity index (χ0n) is 21.1. The van der Waals surface area contributed by atoms with Gasteiger partial charge in [0.1, 0.15) is 6.04 Å². The number of hydrogen-bond acceptors (Lipinski definition) is 4. The number of fused-ring (bicyclic) bond motifs is 2. The Morgan fingerprint density at radius 2 is 1.72 bits per heavy atom. The lowest BCUT2D eigenvalue weighted by Gasteiger charge is -2.31. The summed E-state index contributed by atoms with van der Waals surface area (Å²) in [5.74, 6) is -0.179. The zero-order chi connectivity index (χ0) is 25.1. The summed E-state index contributed by atoms with van der Waals surface area (Å²) in [4.78, 5) is 45.1. The van der Waals surface area contributed by atoms with Crippen LogP contribution in [0.25, 0.3) is 0 Å². The zero-order valence-corrected chi connectivity index (χ0v) is 21.1. The third kappa shape index (κ3) is 5.03. The van der Waals surface area contributed by atoms with E-state index in [1.165, 1.54) is 32.1 Å². The lowest BCUT2D eigenvalue weighted by atomic mass is 9.94. The van der Waals surface area contributed by atoms with Crippen molar-refractivity contribution in [2.45, 2.75) is 63.6 Å². The molecular weight excluding hydrogens is 452 g/mol. The minimum absolute atomic E-state index is 0.0327. The van der Waals surface area contributed by atoms with Gasteiger partial charge in [-0.25, -0.2) is 0 Å². The Kier molecular flexibility index (Phi) is 7.37. The van der Waals surface area contributed by atoms with Gasteiger partial charge in [0.25, 0.3) is 11.8 Å². The van der Waals surface area contributed by atoms with Crippen LogP contribution in [-0.2, 0) is 11.3 Å². The van der Waals surface area contributed by atoms with Crippen molar-refractivity contribution in [2.75, 3.05) is 31.6 Å².